The molecule has 3 aliphatic rings. The van der Waals surface area contributed by atoms with Crippen LogP contribution in [0.1, 0.15) is 64.2 Å². The maximum absolute atomic E-state index is 13.1. The van der Waals surface area contributed by atoms with E-state index in [0.29, 0.717) is 32.1 Å². The van der Waals surface area contributed by atoms with Gasteiger partial charge in [-0.15, -0.1) is 0 Å². The van der Waals surface area contributed by atoms with Crippen molar-refractivity contribution in [2.45, 2.75) is 76.3 Å². The van der Waals surface area contributed by atoms with Crippen LogP contribution in [0.4, 0.5) is 4.79 Å². The number of nitrogens with zero attached hydrogens (tertiary/aromatic N) is 2. The van der Waals surface area contributed by atoms with Crippen LogP contribution in [0.15, 0.2) is 0 Å². The molecule has 1 aliphatic carbocycles. The van der Waals surface area contributed by atoms with Crippen molar-refractivity contribution >= 4 is 17.8 Å². The molecule has 2 heterocycles. The van der Waals surface area contributed by atoms with E-state index in [9.17, 15) is 14.4 Å². The third-order valence-electron chi connectivity index (χ3n) is 6.20. The van der Waals surface area contributed by atoms with E-state index >= 15 is 0 Å². The molecular weight excluding hydrogens is 332 g/mol. The lowest BCUT2D eigenvalue weighted by Gasteiger charge is -2.37. The van der Waals surface area contributed by atoms with Crippen molar-refractivity contribution in [3.05, 3.63) is 0 Å². The van der Waals surface area contributed by atoms with Crippen molar-refractivity contribution in [2.24, 2.45) is 11.7 Å². The highest BCUT2D eigenvalue weighted by Gasteiger charge is 2.41. The maximum atomic E-state index is 13.1. The summed E-state index contributed by atoms with van der Waals surface area (Å²) in [5.74, 6) is -0.0237. The molecule has 0 aromatic carbocycles. The zero-order valence-corrected chi connectivity index (χ0v) is 15.6. The van der Waals surface area contributed by atoms with E-state index < -0.39 is 6.03 Å². The highest BCUT2D eigenvalue weighted by atomic mass is 16.2. The highest BCUT2D eigenvalue weighted by Crippen LogP contribution is 2.30. The van der Waals surface area contributed by atoms with Gasteiger partial charge in [0.2, 0.25) is 11.8 Å². The Kier molecular flexibility index (Phi) is 6.38. The molecule has 26 heavy (non-hydrogen) atoms. The molecule has 7 heteroatoms. The van der Waals surface area contributed by atoms with Gasteiger partial charge in [0.25, 0.3) is 0 Å². The van der Waals surface area contributed by atoms with Crippen molar-refractivity contribution < 1.29 is 14.4 Å². The summed E-state index contributed by atoms with van der Waals surface area (Å²) in [5, 5.41) is 2.63. The number of carbonyl (C=O) groups excluding carboxylic acids is 3. The Bertz CT molecular complexity index is 531. The summed E-state index contributed by atoms with van der Waals surface area (Å²) in [5.41, 5.74) is 5.18. The molecule has 0 bridgehead atoms. The standard InChI is InChI=1S/C19H32N4O3/c20-19(26)21-12-16-9-5-6-10-22(16)18(25)14-11-17(24)23(13-14)15-7-3-1-2-4-8-15/h14-16H,1-13H2,(H3,20,21,26)/t14-,16+/m0/s1. The van der Waals surface area contributed by atoms with Crippen LogP contribution in [0.2, 0.25) is 0 Å². The molecule has 4 amide bonds. The van der Waals surface area contributed by atoms with E-state index in [1.807, 2.05) is 9.80 Å². The van der Waals surface area contributed by atoms with Gasteiger partial charge in [0, 0.05) is 38.1 Å². The fourth-order valence-corrected chi connectivity index (χ4v) is 4.78. The Hall–Kier alpha value is -1.79. The molecule has 2 atom stereocenters. The number of nitrogens with one attached hydrogen (secondary N) is 1. The number of hydrogen-bond acceptors (Lipinski definition) is 3. The molecule has 3 fully saturated rings. The van der Waals surface area contributed by atoms with Gasteiger partial charge < -0.3 is 20.9 Å². The molecule has 3 N–H and O–H groups in total. The SMILES string of the molecule is NC(=O)NC[C@H]1CCCCN1C(=O)[C@H]1CC(=O)N(C2CCCCCC2)C1. The van der Waals surface area contributed by atoms with Crippen molar-refractivity contribution in [1.29, 1.82) is 0 Å². The molecule has 1 saturated carbocycles. The molecule has 0 aromatic rings. The molecule has 0 unspecified atom stereocenters. The molecular formula is C19H32N4O3. The van der Waals surface area contributed by atoms with Crippen molar-refractivity contribution in [1.82, 2.24) is 15.1 Å². The van der Waals surface area contributed by atoms with Gasteiger partial charge in [0.1, 0.15) is 0 Å². The van der Waals surface area contributed by atoms with Gasteiger partial charge in [0.05, 0.1) is 5.92 Å². The lowest BCUT2D eigenvalue weighted by molar-refractivity contribution is -0.139. The number of likely N-dealkylation sites (tertiary alicyclic amines) is 2. The normalized spacial score (nSPS) is 28.1. The van der Waals surface area contributed by atoms with E-state index in [1.54, 1.807) is 0 Å². The first-order valence-corrected chi connectivity index (χ1v) is 10.2. The highest BCUT2D eigenvalue weighted by molar-refractivity contribution is 5.89. The first-order chi connectivity index (χ1) is 12.6. The minimum atomic E-state index is -0.557. The first-order valence-electron chi connectivity index (χ1n) is 10.2. The molecule has 0 radical (unpaired) electrons. The quantitative estimate of drug-likeness (QED) is 0.742. The molecule has 146 valence electrons. The number of carbonyl (C=O) groups is 3. The minimum Gasteiger partial charge on any atom is -0.352 e. The number of piperidine rings is 1. The van der Waals surface area contributed by atoms with Crippen LogP contribution in [-0.2, 0) is 9.59 Å². The molecule has 7 nitrogen and oxygen atoms in total. The second-order valence-electron chi connectivity index (χ2n) is 8.02. The summed E-state index contributed by atoms with van der Waals surface area (Å²) in [7, 11) is 0. The van der Waals surface area contributed by atoms with Crippen LogP contribution in [0, 0.1) is 5.92 Å². The summed E-state index contributed by atoms with van der Waals surface area (Å²) in [6.45, 7) is 1.67. The van der Waals surface area contributed by atoms with Gasteiger partial charge in [-0.1, -0.05) is 25.7 Å². The Morgan fingerprint density at radius 3 is 2.42 bits per heavy atom. The number of rotatable bonds is 4. The van der Waals surface area contributed by atoms with Gasteiger partial charge in [0.15, 0.2) is 0 Å². The number of nitrogens with two attached hydrogens (primary N) is 1. The number of urea groups is 1. The topological polar surface area (TPSA) is 95.7 Å². The average molecular weight is 364 g/mol. The predicted molar refractivity (Wildman–Crippen MR) is 98.2 cm³/mol. The molecule has 3 rings (SSSR count). The Morgan fingerprint density at radius 1 is 1.04 bits per heavy atom. The summed E-state index contributed by atoms with van der Waals surface area (Å²) in [4.78, 5) is 40.5. The predicted octanol–water partition coefficient (Wildman–Crippen LogP) is 1.61. The summed E-state index contributed by atoms with van der Waals surface area (Å²) in [6, 6.07) is -0.249. The summed E-state index contributed by atoms with van der Waals surface area (Å²) < 4.78 is 0. The first kappa shape index (κ1) is 19.0. The number of amides is 4. The third-order valence-corrected chi connectivity index (χ3v) is 6.20. The smallest absolute Gasteiger partial charge is 0.312 e. The van der Waals surface area contributed by atoms with E-state index in [4.69, 9.17) is 5.73 Å². The number of primary amides is 1. The fraction of sp³-hybridized carbons (Fsp3) is 0.842. The lowest BCUT2D eigenvalue weighted by Crippen LogP contribution is -2.52. The van der Waals surface area contributed by atoms with Crippen molar-refractivity contribution in [3.63, 3.8) is 0 Å². The Morgan fingerprint density at radius 2 is 1.73 bits per heavy atom. The third kappa shape index (κ3) is 4.48. The van der Waals surface area contributed by atoms with Gasteiger partial charge in [-0.3, -0.25) is 9.59 Å². The van der Waals surface area contributed by atoms with Crippen molar-refractivity contribution in [2.75, 3.05) is 19.6 Å². The van der Waals surface area contributed by atoms with Crippen LogP contribution < -0.4 is 11.1 Å². The van der Waals surface area contributed by atoms with Crippen LogP contribution >= 0.6 is 0 Å². The Balaban J connectivity index is 1.61. The minimum absolute atomic E-state index is 0.00853. The van der Waals surface area contributed by atoms with E-state index in [2.05, 4.69) is 5.32 Å². The van der Waals surface area contributed by atoms with Gasteiger partial charge in [-0.25, -0.2) is 4.79 Å². The van der Waals surface area contributed by atoms with Crippen LogP contribution in [0.5, 0.6) is 0 Å². The van der Waals surface area contributed by atoms with Crippen molar-refractivity contribution in [3.8, 4) is 0 Å². The average Bonchev–Trinajstić information content (AvgIpc) is 2.84. The summed E-state index contributed by atoms with van der Waals surface area (Å²) >= 11 is 0. The van der Waals surface area contributed by atoms with Gasteiger partial charge in [-0.2, -0.15) is 0 Å². The molecule has 2 aliphatic heterocycles. The maximum Gasteiger partial charge on any atom is 0.312 e. The molecule has 2 saturated heterocycles. The van der Waals surface area contributed by atoms with Gasteiger partial charge in [-0.05, 0) is 32.1 Å². The fourth-order valence-electron chi connectivity index (χ4n) is 4.78. The lowest BCUT2D eigenvalue weighted by atomic mass is 9.98. The zero-order valence-electron chi connectivity index (χ0n) is 15.6. The van der Waals surface area contributed by atoms with E-state index in [0.717, 1.165) is 32.1 Å². The van der Waals surface area contributed by atoms with Crippen LogP contribution in [0.3, 0.4) is 0 Å². The van der Waals surface area contributed by atoms with E-state index in [1.165, 1.54) is 25.7 Å². The van der Waals surface area contributed by atoms with Crippen LogP contribution in [-0.4, -0.2) is 59.4 Å². The zero-order chi connectivity index (χ0) is 18.5. The van der Waals surface area contributed by atoms with Crippen LogP contribution in [0.25, 0.3) is 0 Å². The largest absolute Gasteiger partial charge is 0.352 e. The van der Waals surface area contributed by atoms with Gasteiger partial charge >= 0.3 is 6.03 Å². The van der Waals surface area contributed by atoms with E-state index in [-0.39, 0.29) is 23.8 Å². The number of hydrogen-bond donors (Lipinski definition) is 2. The second kappa shape index (κ2) is 8.73. The second-order valence-corrected chi connectivity index (χ2v) is 8.02. The molecule has 0 aromatic heterocycles. The molecule has 0 spiro atoms. The monoisotopic (exact) mass is 364 g/mol. The Labute approximate surface area is 155 Å². The summed E-state index contributed by atoms with van der Waals surface area (Å²) in [6.07, 6.45) is 10.2.